The fourth-order valence-electron chi connectivity index (χ4n) is 4.81. The van der Waals surface area contributed by atoms with Gasteiger partial charge in [-0.1, -0.05) is 72.8 Å². The van der Waals surface area contributed by atoms with Crippen molar-refractivity contribution >= 4 is 32.3 Å². The Hall–Kier alpha value is -3.16. The molecule has 28 heavy (non-hydrogen) atoms. The first-order chi connectivity index (χ1) is 13.8. The molecule has 0 amide bonds. The van der Waals surface area contributed by atoms with E-state index in [0.717, 1.165) is 0 Å². The van der Waals surface area contributed by atoms with Gasteiger partial charge in [-0.25, -0.2) is 0 Å². The smallest absolute Gasteiger partial charge is 0.0731 e. The predicted molar refractivity (Wildman–Crippen MR) is 118 cm³/mol. The van der Waals surface area contributed by atoms with Crippen molar-refractivity contribution < 1.29 is 4.74 Å². The second-order valence-electron chi connectivity index (χ2n) is 7.74. The molecule has 1 heteroatoms. The van der Waals surface area contributed by atoms with E-state index >= 15 is 0 Å². The number of fused-ring (bicyclic) bond motifs is 5. The molecule has 1 aliphatic rings. The van der Waals surface area contributed by atoms with Crippen LogP contribution in [0.3, 0.4) is 0 Å². The number of rotatable bonds is 1. The molecule has 1 aliphatic heterocycles. The number of hydrogen-bond donors (Lipinski definition) is 0. The molecule has 1 nitrogen and oxygen atoms in total. The summed E-state index contributed by atoms with van der Waals surface area (Å²) in [4.78, 5) is 0. The van der Waals surface area contributed by atoms with Crippen LogP contribution in [0.25, 0.3) is 43.4 Å². The molecule has 5 aromatic rings. The Kier molecular flexibility index (Phi) is 3.35. The fraction of sp³-hybridized carbons (Fsp3) is 0.111. The molecule has 0 N–H and O–H groups in total. The summed E-state index contributed by atoms with van der Waals surface area (Å²) in [6, 6.07) is 28.8. The van der Waals surface area contributed by atoms with Gasteiger partial charge in [0.2, 0.25) is 0 Å². The van der Waals surface area contributed by atoms with Gasteiger partial charge in [0.1, 0.15) is 0 Å². The molecule has 0 aromatic heterocycles. The Balaban J connectivity index is 1.85. The van der Waals surface area contributed by atoms with Crippen LogP contribution in [0.2, 0.25) is 0 Å². The Morgan fingerprint density at radius 1 is 0.607 bits per heavy atom. The van der Waals surface area contributed by atoms with Crippen molar-refractivity contribution in [3.05, 3.63) is 95.6 Å². The van der Waals surface area contributed by atoms with Gasteiger partial charge >= 0.3 is 0 Å². The second kappa shape index (κ2) is 5.92. The average molecular weight is 360 g/mol. The Labute approximate surface area is 164 Å². The van der Waals surface area contributed by atoms with Gasteiger partial charge in [0.15, 0.2) is 0 Å². The third-order valence-electron chi connectivity index (χ3n) is 6.14. The molecule has 0 aliphatic carbocycles. The maximum absolute atomic E-state index is 5.91. The summed E-state index contributed by atoms with van der Waals surface area (Å²) in [5.41, 5.74) is 6.69. The molecule has 0 atom stereocenters. The quantitative estimate of drug-likeness (QED) is 0.288. The minimum atomic E-state index is 0.691. The molecule has 1 heterocycles. The second-order valence-corrected chi connectivity index (χ2v) is 7.74. The van der Waals surface area contributed by atoms with Crippen LogP contribution in [-0.4, -0.2) is 0 Å². The maximum atomic E-state index is 5.91. The van der Waals surface area contributed by atoms with Crippen LogP contribution in [0.5, 0.6) is 0 Å². The minimum absolute atomic E-state index is 0.691. The average Bonchev–Trinajstić information content (AvgIpc) is 3.21. The van der Waals surface area contributed by atoms with Crippen molar-refractivity contribution in [1.82, 2.24) is 0 Å². The zero-order valence-electron chi connectivity index (χ0n) is 15.8. The summed E-state index contributed by atoms with van der Waals surface area (Å²) in [5.74, 6) is 0. The lowest BCUT2D eigenvalue weighted by Crippen LogP contribution is -1.95. The van der Waals surface area contributed by atoms with Crippen LogP contribution in [0.1, 0.15) is 16.7 Å². The van der Waals surface area contributed by atoms with Crippen LogP contribution < -0.4 is 0 Å². The van der Waals surface area contributed by atoms with E-state index in [1.165, 1.54) is 60.1 Å². The van der Waals surface area contributed by atoms with Gasteiger partial charge in [0.05, 0.1) is 13.2 Å². The molecule has 0 saturated carbocycles. The van der Waals surface area contributed by atoms with Gasteiger partial charge in [0, 0.05) is 0 Å². The lowest BCUT2D eigenvalue weighted by molar-refractivity contribution is 0.134. The van der Waals surface area contributed by atoms with Gasteiger partial charge in [-0.3, -0.25) is 0 Å². The van der Waals surface area contributed by atoms with Gasteiger partial charge in [-0.2, -0.15) is 0 Å². The summed E-state index contributed by atoms with van der Waals surface area (Å²) in [7, 11) is 0. The monoisotopic (exact) mass is 360 g/mol. The van der Waals surface area contributed by atoms with Crippen molar-refractivity contribution in [1.29, 1.82) is 0 Å². The van der Waals surface area contributed by atoms with E-state index in [2.05, 4.69) is 85.8 Å². The first-order valence-corrected chi connectivity index (χ1v) is 9.84. The van der Waals surface area contributed by atoms with Crippen LogP contribution in [0.15, 0.2) is 78.9 Å². The van der Waals surface area contributed by atoms with Gasteiger partial charge < -0.3 is 4.74 Å². The predicted octanol–water partition coefficient (Wildman–Crippen LogP) is 7.15. The van der Waals surface area contributed by atoms with Crippen LogP contribution >= 0.6 is 0 Å². The fourth-order valence-corrected chi connectivity index (χ4v) is 4.81. The Morgan fingerprint density at radius 3 is 2.18 bits per heavy atom. The van der Waals surface area contributed by atoms with Crippen LogP contribution in [-0.2, 0) is 18.0 Å². The highest BCUT2D eigenvalue weighted by molar-refractivity contribution is 6.16. The van der Waals surface area contributed by atoms with E-state index in [4.69, 9.17) is 4.74 Å². The minimum Gasteiger partial charge on any atom is -0.372 e. The summed E-state index contributed by atoms with van der Waals surface area (Å²) in [6.07, 6.45) is 0. The molecule has 5 aromatic carbocycles. The zero-order valence-corrected chi connectivity index (χ0v) is 15.8. The van der Waals surface area contributed by atoms with E-state index in [1.54, 1.807) is 0 Å². The highest BCUT2D eigenvalue weighted by atomic mass is 16.5. The summed E-state index contributed by atoms with van der Waals surface area (Å²) in [5, 5.41) is 7.85. The molecule has 0 unspecified atom stereocenters. The molecular weight excluding hydrogens is 340 g/mol. The Bertz CT molecular complexity index is 1390. The number of benzene rings is 5. The standard InChI is InChI=1S/C27H20O/c1-17-10-11-19-7-3-5-9-22(19)26(17)27-23-13-12-18-6-2-4-8-21(18)24(23)14-20-15-28-16-25(20)27/h2-14H,15-16H2,1H3. The topological polar surface area (TPSA) is 9.23 Å². The number of ether oxygens (including phenoxy) is 1. The van der Waals surface area contributed by atoms with E-state index in [0.29, 0.717) is 13.2 Å². The summed E-state index contributed by atoms with van der Waals surface area (Å²) >= 11 is 0. The largest absolute Gasteiger partial charge is 0.372 e. The SMILES string of the molecule is Cc1ccc2ccccc2c1-c1c2c(cc3c1ccc1ccccc13)COC2. The van der Waals surface area contributed by atoms with Crippen molar-refractivity contribution in [3.8, 4) is 11.1 Å². The Morgan fingerprint density at radius 2 is 1.32 bits per heavy atom. The van der Waals surface area contributed by atoms with Crippen LogP contribution in [0.4, 0.5) is 0 Å². The third-order valence-corrected chi connectivity index (χ3v) is 6.14. The highest BCUT2D eigenvalue weighted by Crippen LogP contribution is 2.43. The molecule has 134 valence electrons. The van der Waals surface area contributed by atoms with Crippen molar-refractivity contribution in [2.75, 3.05) is 0 Å². The summed E-state index contributed by atoms with van der Waals surface area (Å²) in [6.45, 7) is 3.62. The molecule has 0 bridgehead atoms. The first kappa shape index (κ1) is 15.9. The molecule has 0 saturated heterocycles. The molecular formula is C27H20O. The van der Waals surface area contributed by atoms with Crippen LogP contribution in [0, 0.1) is 6.92 Å². The zero-order chi connectivity index (χ0) is 18.7. The molecule has 6 rings (SSSR count). The lowest BCUT2D eigenvalue weighted by Gasteiger charge is -2.18. The third kappa shape index (κ3) is 2.17. The van der Waals surface area contributed by atoms with Crippen molar-refractivity contribution in [2.24, 2.45) is 0 Å². The first-order valence-electron chi connectivity index (χ1n) is 9.84. The molecule has 0 fully saturated rings. The van der Waals surface area contributed by atoms with Gasteiger partial charge in [0.25, 0.3) is 0 Å². The van der Waals surface area contributed by atoms with Gasteiger partial charge in [-0.15, -0.1) is 0 Å². The van der Waals surface area contributed by atoms with Gasteiger partial charge in [-0.05, 0) is 73.1 Å². The van der Waals surface area contributed by atoms with E-state index < -0.39 is 0 Å². The van der Waals surface area contributed by atoms with E-state index in [-0.39, 0.29) is 0 Å². The highest BCUT2D eigenvalue weighted by Gasteiger charge is 2.22. The van der Waals surface area contributed by atoms with Crippen molar-refractivity contribution in [2.45, 2.75) is 20.1 Å². The molecule has 0 spiro atoms. The maximum Gasteiger partial charge on any atom is 0.0731 e. The molecule has 0 radical (unpaired) electrons. The normalized spacial score (nSPS) is 13.5. The number of hydrogen-bond acceptors (Lipinski definition) is 1. The van der Waals surface area contributed by atoms with E-state index in [1.807, 2.05) is 0 Å². The van der Waals surface area contributed by atoms with Crippen molar-refractivity contribution in [3.63, 3.8) is 0 Å². The lowest BCUT2D eigenvalue weighted by atomic mass is 9.85. The van der Waals surface area contributed by atoms with E-state index in [9.17, 15) is 0 Å². The number of aryl methyl sites for hydroxylation is 1. The summed E-state index contributed by atoms with van der Waals surface area (Å²) < 4.78 is 5.91.